The smallest absolute Gasteiger partial charge is 0.254 e. The summed E-state index contributed by atoms with van der Waals surface area (Å²) in [5.74, 6) is -1.49. The largest absolute Gasteiger partial charge is 0.376 e. The summed E-state index contributed by atoms with van der Waals surface area (Å²) in [5.41, 5.74) is 0.187. The van der Waals surface area contributed by atoms with Crippen LogP contribution in [0.2, 0.25) is 0 Å². The Morgan fingerprint density at radius 1 is 1.25 bits per heavy atom. The number of amides is 1. The Bertz CT molecular complexity index is 517. The molecule has 0 N–H and O–H groups in total. The molecule has 20 heavy (non-hydrogen) atoms. The van der Waals surface area contributed by atoms with Crippen molar-refractivity contribution in [1.29, 1.82) is 0 Å². The van der Waals surface area contributed by atoms with Crippen molar-refractivity contribution in [2.75, 3.05) is 19.7 Å². The third-order valence-corrected chi connectivity index (χ3v) is 3.86. The van der Waals surface area contributed by atoms with Crippen LogP contribution in [0, 0.1) is 17.6 Å². The first kappa shape index (κ1) is 13.5. The quantitative estimate of drug-likeness (QED) is 0.849. The Labute approximate surface area is 116 Å². The topological polar surface area (TPSA) is 29.5 Å². The standard InChI is InChI=1S/C15H17F2NO2/c16-13-4-3-11(7-14(13)17)15(19)18-6-5-12(8-18)20-9-10-1-2-10/h3-4,7,10,12H,1-2,5-6,8-9H2. The van der Waals surface area contributed by atoms with E-state index in [0.29, 0.717) is 19.0 Å². The van der Waals surface area contributed by atoms with Gasteiger partial charge in [-0.2, -0.15) is 0 Å². The van der Waals surface area contributed by atoms with E-state index in [1.54, 1.807) is 4.90 Å². The van der Waals surface area contributed by atoms with Crippen LogP contribution in [-0.4, -0.2) is 36.6 Å². The Hall–Kier alpha value is -1.49. The van der Waals surface area contributed by atoms with E-state index in [2.05, 4.69) is 0 Å². The highest BCUT2D eigenvalue weighted by Gasteiger charge is 2.30. The average molecular weight is 281 g/mol. The Balaban J connectivity index is 1.58. The van der Waals surface area contributed by atoms with Crippen molar-refractivity contribution in [3.8, 4) is 0 Å². The number of benzene rings is 1. The summed E-state index contributed by atoms with van der Waals surface area (Å²) in [4.78, 5) is 13.8. The second-order valence-corrected chi connectivity index (χ2v) is 5.57. The van der Waals surface area contributed by atoms with Crippen LogP contribution in [-0.2, 0) is 4.74 Å². The third kappa shape index (κ3) is 2.98. The molecule has 1 aromatic rings. The highest BCUT2D eigenvalue weighted by atomic mass is 19.2. The number of likely N-dealkylation sites (tertiary alicyclic amines) is 1. The number of carbonyl (C=O) groups is 1. The molecular weight excluding hydrogens is 264 g/mol. The van der Waals surface area contributed by atoms with Gasteiger partial charge in [-0.1, -0.05) is 0 Å². The number of nitrogens with zero attached hydrogens (tertiary/aromatic N) is 1. The maximum absolute atomic E-state index is 13.1. The van der Waals surface area contributed by atoms with Crippen LogP contribution in [0.3, 0.4) is 0 Å². The molecule has 0 spiro atoms. The van der Waals surface area contributed by atoms with E-state index < -0.39 is 11.6 Å². The fourth-order valence-corrected chi connectivity index (χ4v) is 2.42. The van der Waals surface area contributed by atoms with Gasteiger partial charge in [-0.15, -0.1) is 0 Å². The molecule has 108 valence electrons. The molecule has 0 aromatic heterocycles. The van der Waals surface area contributed by atoms with Crippen LogP contribution in [0.5, 0.6) is 0 Å². The van der Waals surface area contributed by atoms with E-state index >= 15 is 0 Å². The van der Waals surface area contributed by atoms with Gasteiger partial charge in [0, 0.05) is 25.3 Å². The van der Waals surface area contributed by atoms with Gasteiger partial charge in [0.1, 0.15) is 0 Å². The zero-order valence-electron chi connectivity index (χ0n) is 11.1. The summed E-state index contributed by atoms with van der Waals surface area (Å²) in [6, 6.07) is 3.26. The van der Waals surface area contributed by atoms with Crippen molar-refractivity contribution < 1.29 is 18.3 Å². The molecule has 0 radical (unpaired) electrons. The first-order chi connectivity index (χ1) is 9.63. The van der Waals surface area contributed by atoms with Crippen molar-refractivity contribution in [1.82, 2.24) is 4.90 Å². The molecule has 3 rings (SSSR count). The van der Waals surface area contributed by atoms with Gasteiger partial charge < -0.3 is 9.64 Å². The number of rotatable bonds is 4. The molecule has 1 saturated heterocycles. The van der Waals surface area contributed by atoms with Gasteiger partial charge in [0.05, 0.1) is 6.10 Å². The van der Waals surface area contributed by atoms with E-state index in [4.69, 9.17) is 4.74 Å². The molecule has 1 atom stereocenters. The van der Waals surface area contributed by atoms with Gasteiger partial charge in [-0.05, 0) is 43.4 Å². The Kier molecular flexibility index (Phi) is 3.70. The molecular formula is C15H17F2NO2. The molecule has 0 bridgehead atoms. The lowest BCUT2D eigenvalue weighted by molar-refractivity contribution is 0.0480. The molecule has 1 aliphatic heterocycles. The minimum atomic E-state index is -0.989. The molecule has 3 nitrogen and oxygen atoms in total. The molecule has 2 fully saturated rings. The minimum absolute atomic E-state index is 0.0739. The van der Waals surface area contributed by atoms with E-state index in [-0.39, 0.29) is 17.6 Å². The first-order valence-electron chi connectivity index (χ1n) is 6.99. The highest BCUT2D eigenvalue weighted by Crippen LogP contribution is 2.30. The summed E-state index contributed by atoms with van der Waals surface area (Å²) in [6.45, 7) is 1.91. The summed E-state index contributed by atoms with van der Waals surface area (Å²) < 4.78 is 31.8. The van der Waals surface area contributed by atoms with Gasteiger partial charge in [-0.25, -0.2) is 8.78 Å². The molecule has 1 heterocycles. The van der Waals surface area contributed by atoms with Crippen LogP contribution in [0.15, 0.2) is 18.2 Å². The monoisotopic (exact) mass is 281 g/mol. The van der Waals surface area contributed by atoms with E-state index in [1.165, 1.54) is 18.9 Å². The maximum atomic E-state index is 13.1. The van der Waals surface area contributed by atoms with Crippen LogP contribution >= 0.6 is 0 Å². The zero-order valence-corrected chi connectivity index (χ0v) is 11.1. The van der Waals surface area contributed by atoms with E-state index in [1.807, 2.05) is 0 Å². The highest BCUT2D eigenvalue weighted by molar-refractivity contribution is 5.94. The third-order valence-electron chi connectivity index (χ3n) is 3.86. The lowest BCUT2D eigenvalue weighted by Crippen LogP contribution is -2.30. The minimum Gasteiger partial charge on any atom is -0.376 e. The number of halogens is 2. The van der Waals surface area contributed by atoms with E-state index in [9.17, 15) is 13.6 Å². The van der Waals surface area contributed by atoms with Crippen molar-refractivity contribution in [2.24, 2.45) is 5.92 Å². The van der Waals surface area contributed by atoms with Crippen molar-refractivity contribution in [3.05, 3.63) is 35.4 Å². The number of hydrogen-bond acceptors (Lipinski definition) is 2. The van der Waals surface area contributed by atoms with Crippen molar-refractivity contribution >= 4 is 5.91 Å². The normalized spacial score (nSPS) is 22.3. The van der Waals surface area contributed by atoms with Crippen LogP contribution < -0.4 is 0 Å². The first-order valence-corrected chi connectivity index (χ1v) is 6.99. The Morgan fingerprint density at radius 3 is 2.75 bits per heavy atom. The fraction of sp³-hybridized carbons (Fsp3) is 0.533. The molecule has 1 aliphatic carbocycles. The molecule has 5 heteroatoms. The van der Waals surface area contributed by atoms with Gasteiger partial charge >= 0.3 is 0 Å². The summed E-state index contributed by atoms with van der Waals surface area (Å²) in [7, 11) is 0. The number of ether oxygens (including phenoxy) is 1. The van der Waals surface area contributed by atoms with Crippen LogP contribution in [0.1, 0.15) is 29.6 Å². The SMILES string of the molecule is O=C(c1ccc(F)c(F)c1)N1CCC(OCC2CC2)C1. The van der Waals surface area contributed by atoms with Gasteiger partial charge in [0.15, 0.2) is 11.6 Å². The molecule has 1 amide bonds. The Morgan fingerprint density at radius 2 is 2.05 bits per heavy atom. The predicted octanol–water partition coefficient (Wildman–Crippen LogP) is 2.61. The average Bonchev–Trinajstić information content (AvgIpc) is 3.16. The fourth-order valence-electron chi connectivity index (χ4n) is 2.42. The molecule has 1 aromatic carbocycles. The molecule has 1 saturated carbocycles. The molecule has 1 unspecified atom stereocenters. The second kappa shape index (κ2) is 5.48. The summed E-state index contributed by atoms with van der Waals surface area (Å²) >= 11 is 0. The lowest BCUT2D eigenvalue weighted by atomic mass is 10.2. The van der Waals surface area contributed by atoms with Gasteiger partial charge in [-0.3, -0.25) is 4.79 Å². The van der Waals surface area contributed by atoms with Crippen LogP contribution in [0.4, 0.5) is 8.78 Å². The van der Waals surface area contributed by atoms with E-state index in [0.717, 1.165) is 25.2 Å². The van der Waals surface area contributed by atoms with Crippen LogP contribution in [0.25, 0.3) is 0 Å². The maximum Gasteiger partial charge on any atom is 0.254 e. The summed E-state index contributed by atoms with van der Waals surface area (Å²) in [5, 5.41) is 0. The number of carbonyl (C=O) groups excluding carboxylic acids is 1. The lowest BCUT2D eigenvalue weighted by Gasteiger charge is -2.17. The van der Waals surface area contributed by atoms with Crippen molar-refractivity contribution in [3.63, 3.8) is 0 Å². The second-order valence-electron chi connectivity index (χ2n) is 5.57. The predicted molar refractivity (Wildman–Crippen MR) is 69.3 cm³/mol. The van der Waals surface area contributed by atoms with Crippen molar-refractivity contribution in [2.45, 2.75) is 25.4 Å². The summed E-state index contributed by atoms with van der Waals surface area (Å²) in [6.07, 6.45) is 3.36. The number of hydrogen-bond donors (Lipinski definition) is 0. The van der Waals surface area contributed by atoms with Gasteiger partial charge in [0.25, 0.3) is 5.91 Å². The zero-order chi connectivity index (χ0) is 14.1. The van der Waals surface area contributed by atoms with Gasteiger partial charge in [0.2, 0.25) is 0 Å². The molecule has 2 aliphatic rings.